The molecule has 0 radical (unpaired) electrons. The van der Waals surface area contributed by atoms with Crippen LogP contribution in [0.2, 0.25) is 10.0 Å². The molecule has 3 aromatic rings. The quantitative estimate of drug-likeness (QED) is 0.532. The van der Waals surface area contributed by atoms with Crippen LogP contribution >= 0.6 is 35.0 Å². The first-order valence-electron chi connectivity index (χ1n) is 7.80. The minimum Gasteiger partial charge on any atom is -0.274 e. The van der Waals surface area contributed by atoms with E-state index in [1.807, 2.05) is 24.3 Å². The van der Waals surface area contributed by atoms with E-state index in [-0.39, 0.29) is 0 Å². The summed E-state index contributed by atoms with van der Waals surface area (Å²) in [5.41, 5.74) is 2.23. The molecular formula is C18H15Cl2N3S. The van der Waals surface area contributed by atoms with Crippen LogP contribution in [-0.4, -0.2) is 14.8 Å². The highest BCUT2D eigenvalue weighted by molar-refractivity contribution is 7.98. The maximum atomic E-state index is 6.21. The fourth-order valence-electron chi connectivity index (χ4n) is 2.57. The van der Waals surface area contributed by atoms with Crippen molar-refractivity contribution in [2.45, 2.75) is 29.7 Å². The number of hydrogen-bond acceptors (Lipinski definition) is 3. The van der Waals surface area contributed by atoms with Crippen molar-refractivity contribution in [2.75, 3.05) is 0 Å². The third kappa shape index (κ3) is 3.32. The highest BCUT2D eigenvalue weighted by atomic mass is 35.5. The summed E-state index contributed by atoms with van der Waals surface area (Å²) in [5, 5.41) is 10.8. The Kier molecular flexibility index (Phi) is 4.53. The van der Waals surface area contributed by atoms with Gasteiger partial charge in [0.15, 0.2) is 5.16 Å². The number of benzene rings is 2. The molecule has 1 aromatic heterocycles. The Labute approximate surface area is 155 Å². The van der Waals surface area contributed by atoms with Gasteiger partial charge in [-0.3, -0.25) is 4.57 Å². The maximum Gasteiger partial charge on any atom is 0.196 e. The van der Waals surface area contributed by atoms with Gasteiger partial charge in [-0.2, -0.15) is 0 Å². The molecule has 1 aliphatic rings. The molecule has 1 aliphatic carbocycles. The number of thioether (sulfide) groups is 1. The Balaban J connectivity index is 1.68. The van der Waals surface area contributed by atoms with E-state index in [2.05, 4.69) is 39.0 Å². The topological polar surface area (TPSA) is 30.7 Å². The van der Waals surface area contributed by atoms with Crippen LogP contribution in [0.15, 0.2) is 53.7 Å². The molecule has 1 saturated carbocycles. The van der Waals surface area contributed by atoms with Crippen LogP contribution in [-0.2, 0) is 5.75 Å². The lowest BCUT2D eigenvalue weighted by Gasteiger charge is -2.11. The van der Waals surface area contributed by atoms with Crippen molar-refractivity contribution in [2.24, 2.45) is 0 Å². The zero-order chi connectivity index (χ0) is 16.5. The largest absolute Gasteiger partial charge is 0.274 e. The zero-order valence-electron chi connectivity index (χ0n) is 12.8. The van der Waals surface area contributed by atoms with Gasteiger partial charge in [0.25, 0.3) is 0 Å². The first-order valence-corrected chi connectivity index (χ1v) is 9.54. The molecule has 24 heavy (non-hydrogen) atoms. The van der Waals surface area contributed by atoms with E-state index in [0.717, 1.165) is 22.4 Å². The van der Waals surface area contributed by atoms with Gasteiger partial charge in [-0.25, -0.2) is 0 Å². The lowest BCUT2D eigenvalue weighted by atomic mass is 10.2. The fraction of sp³-hybridized carbons (Fsp3) is 0.222. The van der Waals surface area contributed by atoms with Gasteiger partial charge in [-0.15, -0.1) is 10.2 Å². The lowest BCUT2D eigenvalue weighted by molar-refractivity contribution is 0.829. The third-order valence-electron chi connectivity index (χ3n) is 3.97. The highest BCUT2D eigenvalue weighted by Crippen LogP contribution is 2.41. The van der Waals surface area contributed by atoms with E-state index >= 15 is 0 Å². The van der Waals surface area contributed by atoms with E-state index in [4.69, 9.17) is 23.2 Å². The molecule has 0 aliphatic heterocycles. The van der Waals surface area contributed by atoms with E-state index < -0.39 is 0 Å². The van der Waals surface area contributed by atoms with Gasteiger partial charge >= 0.3 is 0 Å². The molecule has 0 bridgehead atoms. The van der Waals surface area contributed by atoms with Gasteiger partial charge in [0.2, 0.25) is 0 Å². The number of nitrogens with zero attached hydrogens (tertiary/aromatic N) is 3. The van der Waals surface area contributed by atoms with E-state index in [0.29, 0.717) is 16.0 Å². The number of rotatable bonds is 5. The first kappa shape index (κ1) is 16.0. The van der Waals surface area contributed by atoms with Gasteiger partial charge in [-0.1, -0.05) is 65.3 Å². The Hall–Kier alpha value is -1.49. The van der Waals surface area contributed by atoms with Crippen molar-refractivity contribution in [3.8, 4) is 5.69 Å². The first-order chi connectivity index (χ1) is 11.7. The summed E-state index contributed by atoms with van der Waals surface area (Å²) in [5.74, 6) is 2.37. The summed E-state index contributed by atoms with van der Waals surface area (Å²) in [6, 6.07) is 16.0. The third-order valence-corrected chi connectivity index (χ3v) is 5.71. The Morgan fingerprint density at radius 2 is 1.79 bits per heavy atom. The van der Waals surface area contributed by atoms with Crippen molar-refractivity contribution < 1.29 is 0 Å². The van der Waals surface area contributed by atoms with Gasteiger partial charge in [0.1, 0.15) is 5.82 Å². The van der Waals surface area contributed by atoms with Crippen molar-refractivity contribution in [3.63, 3.8) is 0 Å². The molecule has 0 atom stereocenters. The number of hydrogen-bond donors (Lipinski definition) is 0. The maximum absolute atomic E-state index is 6.21. The molecule has 0 N–H and O–H groups in total. The molecule has 0 unspecified atom stereocenters. The highest BCUT2D eigenvalue weighted by Gasteiger charge is 2.31. The van der Waals surface area contributed by atoms with Gasteiger partial charge in [0, 0.05) is 11.7 Å². The van der Waals surface area contributed by atoms with Crippen molar-refractivity contribution in [3.05, 3.63) is 70.0 Å². The minimum atomic E-state index is 0.498. The van der Waals surface area contributed by atoms with Crippen LogP contribution in [0, 0.1) is 0 Å². The SMILES string of the molecule is Clc1ccc(-n2c(SCc3ccccc3)nnc2C2CC2)cc1Cl. The van der Waals surface area contributed by atoms with Crippen LogP contribution in [0.25, 0.3) is 5.69 Å². The summed E-state index contributed by atoms with van der Waals surface area (Å²) in [6.45, 7) is 0. The van der Waals surface area contributed by atoms with Gasteiger partial charge < -0.3 is 0 Å². The zero-order valence-corrected chi connectivity index (χ0v) is 15.2. The van der Waals surface area contributed by atoms with Crippen molar-refractivity contribution in [1.29, 1.82) is 0 Å². The second-order valence-electron chi connectivity index (χ2n) is 5.82. The number of halogens is 2. The average Bonchev–Trinajstić information content (AvgIpc) is 3.36. The minimum absolute atomic E-state index is 0.498. The van der Waals surface area contributed by atoms with Gasteiger partial charge in [0.05, 0.1) is 15.7 Å². The van der Waals surface area contributed by atoms with E-state index in [1.54, 1.807) is 11.8 Å². The summed E-state index contributed by atoms with van der Waals surface area (Å²) in [7, 11) is 0. The van der Waals surface area contributed by atoms with Crippen LogP contribution in [0.1, 0.15) is 30.1 Å². The van der Waals surface area contributed by atoms with Crippen LogP contribution < -0.4 is 0 Å². The fourth-order valence-corrected chi connectivity index (χ4v) is 3.78. The summed E-state index contributed by atoms with van der Waals surface area (Å²) in [6.07, 6.45) is 2.34. The summed E-state index contributed by atoms with van der Waals surface area (Å²) in [4.78, 5) is 0. The van der Waals surface area contributed by atoms with Crippen molar-refractivity contribution in [1.82, 2.24) is 14.8 Å². The van der Waals surface area contributed by atoms with Crippen molar-refractivity contribution >= 4 is 35.0 Å². The smallest absolute Gasteiger partial charge is 0.196 e. The van der Waals surface area contributed by atoms with E-state index in [1.165, 1.54) is 18.4 Å². The Bertz CT molecular complexity index is 860. The van der Waals surface area contributed by atoms with Gasteiger partial charge in [-0.05, 0) is 36.6 Å². The monoisotopic (exact) mass is 375 g/mol. The Morgan fingerprint density at radius 1 is 1.00 bits per heavy atom. The summed E-state index contributed by atoms with van der Waals surface area (Å²) < 4.78 is 2.12. The second kappa shape index (κ2) is 6.79. The van der Waals surface area contributed by atoms with E-state index in [9.17, 15) is 0 Å². The molecule has 6 heteroatoms. The summed E-state index contributed by atoms with van der Waals surface area (Å²) >= 11 is 14.0. The van der Waals surface area contributed by atoms with Crippen LogP contribution in [0.3, 0.4) is 0 Å². The predicted octanol–water partition coefficient (Wildman–Crippen LogP) is 5.74. The molecule has 0 spiro atoms. The second-order valence-corrected chi connectivity index (χ2v) is 7.58. The van der Waals surface area contributed by atoms with Crippen LogP contribution in [0.4, 0.5) is 0 Å². The molecule has 0 saturated heterocycles. The number of aromatic nitrogens is 3. The molecule has 4 rings (SSSR count). The molecule has 1 heterocycles. The molecule has 1 fully saturated rings. The molecule has 3 nitrogen and oxygen atoms in total. The predicted molar refractivity (Wildman–Crippen MR) is 99.4 cm³/mol. The standard InChI is InChI=1S/C18H15Cl2N3S/c19-15-9-8-14(10-16(15)20)23-17(13-6-7-13)21-22-18(23)24-11-12-4-2-1-3-5-12/h1-5,8-10,13H,6-7,11H2. The molecule has 2 aromatic carbocycles. The Morgan fingerprint density at radius 3 is 2.50 bits per heavy atom. The lowest BCUT2D eigenvalue weighted by Crippen LogP contribution is -2.02. The van der Waals surface area contributed by atoms with Crippen LogP contribution in [0.5, 0.6) is 0 Å². The molecular weight excluding hydrogens is 361 g/mol. The molecule has 122 valence electrons. The average molecular weight is 376 g/mol. The normalized spacial score (nSPS) is 14.1. The molecule has 0 amide bonds.